The minimum atomic E-state index is -0.165. The summed E-state index contributed by atoms with van der Waals surface area (Å²) < 4.78 is 14.9. The summed E-state index contributed by atoms with van der Waals surface area (Å²) in [4.78, 5) is 2.35. The molecule has 1 aliphatic carbocycles. The van der Waals surface area contributed by atoms with E-state index in [1.165, 1.54) is 18.9 Å². The molecule has 0 aromatic heterocycles. The van der Waals surface area contributed by atoms with Crippen LogP contribution < -0.4 is 5.73 Å². The van der Waals surface area contributed by atoms with Gasteiger partial charge >= 0.3 is 0 Å². The Morgan fingerprint density at radius 1 is 1.47 bits per heavy atom. The molecule has 0 radical (unpaired) electrons. The Morgan fingerprint density at radius 3 is 2.74 bits per heavy atom. The summed E-state index contributed by atoms with van der Waals surface area (Å²) in [5, 5.41) is 0. The highest BCUT2D eigenvalue weighted by Gasteiger charge is 2.29. The number of halogens is 2. The number of hydrogen-bond donors (Lipinski definition) is 1. The summed E-state index contributed by atoms with van der Waals surface area (Å²) in [6.45, 7) is 4.65. The fraction of sp³-hybridized carbons (Fsp3) is 0.600. The van der Waals surface area contributed by atoms with E-state index in [0.29, 0.717) is 6.54 Å². The van der Waals surface area contributed by atoms with E-state index in [2.05, 4.69) is 27.8 Å². The van der Waals surface area contributed by atoms with E-state index in [9.17, 15) is 4.39 Å². The highest BCUT2D eigenvalue weighted by molar-refractivity contribution is 9.10. The second-order valence-corrected chi connectivity index (χ2v) is 6.27. The maximum Gasteiger partial charge on any atom is 0.129 e. The average molecular weight is 329 g/mol. The molecule has 0 bridgehead atoms. The Morgan fingerprint density at radius 2 is 2.21 bits per heavy atom. The van der Waals surface area contributed by atoms with Crippen LogP contribution in [0.5, 0.6) is 0 Å². The predicted molar refractivity (Wildman–Crippen MR) is 80.5 cm³/mol. The van der Waals surface area contributed by atoms with Crippen LogP contribution in [0.15, 0.2) is 22.7 Å². The standard InChI is InChI=1S/C15H22BrFN2/c1-2-7-19(10-11-3-4-11)15(9-18)13-6-5-12(16)8-14(13)17/h5-6,8,11,15H,2-4,7,9-10,18H2,1H3. The van der Waals surface area contributed by atoms with Crippen molar-refractivity contribution in [3.8, 4) is 0 Å². The molecule has 0 saturated heterocycles. The summed E-state index contributed by atoms with van der Waals surface area (Å²) in [7, 11) is 0. The Balaban J connectivity index is 2.19. The molecule has 2 nitrogen and oxygen atoms in total. The average Bonchev–Trinajstić information content (AvgIpc) is 3.17. The second-order valence-electron chi connectivity index (χ2n) is 5.36. The summed E-state index contributed by atoms with van der Waals surface area (Å²) in [6, 6.07) is 5.27. The van der Waals surface area contributed by atoms with Crippen LogP contribution >= 0.6 is 15.9 Å². The van der Waals surface area contributed by atoms with Crippen molar-refractivity contribution in [3.63, 3.8) is 0 Å². The third kappa shape index (κ3) is 4.01. The zero-order chi connectivity index (χ0) is 13.8. The van der Waals surface area contributed by atoms with Crippen molar-refractivity contribution in [2.75, 3.05) is 19.6 Å². The van der Waals surface area contributed by atoms with Gasteiger partial charge in [0.25, 0.3) is 0 Å². The summed E-state index contributed by atoms with van der Waals surface area (Å²) in [5.74, 6) is 0.626. The molecular formula is C15H22BrFN2. The number of rotatable bonds is 7. The lowest BCUT2D eigenvalue weighted by molar-refractivity contribution is 0.189. The highest BCUT2D eigenvalue weighted by Crippen LogP contribution is 2.33. The first-order valence-corrected chi connectivity index (χ1v) is 7.84. The van der Waals surface area contributed by atoms with E-state index in [1.54, 1.807) is 0 Å². The first-order chi connectivity index (χ1) is 9.15. The molecule has 1 atom stereocenters. The van der Waals surface area contributed by atoms with E-state index in [1.807, 2.05) is 12.1 Å². The molecule has 1 unspecified atom stereocenters. The lowest BCUT2D eigenvalue weighted by atomic mass is 10.0. The molecule has 1 fully saturated rings. The van der Waals surface area contributed by atoms with E-state index >= 15 is 0 Å². The highest BCUT2D eigenvalue weighted by atomic mass is 79.9. The molecule has 2 rings (SSSR count). The van der Waals surface area contributed by atoms with Crippen molar-refractivity contribution in [2.45, 2.75) is 32.2 Å². The van der Waals surface area contributed by atoms with E-state index < -0.39 is 0 Å². The SMILES string of the molecule is CCCN(CC1CC1)C(CN)c1ccc(Br)cc1F. The Kier molecular flexibility index (Phi) is 5.37. The van der Waals surface area contributed by atoms with Gasteiger partial charge in [0.1, 0.15) is 5.82 Å². The van der Waals surface area contributed by atoms with Gasteiger partial charge in [0.2, 0.25) is 0 Å². The molecule has 1 saturated carbocycles. The maximum absolute atomic E-state index is 14.1. The smallest absolute Gasteiger partial charge is 0.129 e. The van der Waals surface area contributed by atoms with Crippen LogP contribution in [0, 0.1) is 11.7 Å². The van der Waals surface area contributed by atoms with Crippen LogP contribution in [0.1, 0.15) is 37.8 Å². The van der Waals surface area contributed by atoms with E-state index in [4.69, 9.17) is 5.73 Å². The molecule has 1 aliphatic rings. The molecule has 0 aliphatic heterocycles. The molecule has 0 amide bonds. The van der Waals surface area contributed by atoms with Gasteiger partial charge in [0.15, 0.2) is 0 Å². The van der Waals surface area contributed by atoms with Gasteiger partial charge < -0.3 is 5.73 Å². The van der Waals surface area contributed by atoms with Crippen LogP contribution in [-0.2, 0) is 0 Å². The first kappa shape index (κ1) is 14.9. The molecule has 19 heavy (non-hydrogen) atoms. The van der Waals surface area contributed by atoms with Gasteiger partial charge in [-0.05, 0) is 43.9 Å². The number of nitrogens with two attached hydrogens (primary N) is 1. The quantitative estimate of drug-likeness (QED) is 0.826. The lowest BCUT2D eigenvalue weighted by Crippen LogP contribution is -2.36. The molecule has 2 N–H and O–H groups in total. The Labute approximate surface area is 123 Å². The van der Waals surface area contributed by atoms with Crippen molar-refractivity contribution in [2.24, 2.45) is 11.7 Å². The van der Waals surface area contributed by atoms with Gasteiger partial charge in [0, 0.05) is 29.2 Å². The van der Waals surface area contributed by atoms with Crippen molar-refractivity contribution >= 4 is 15.9 Å². The lowest BCUT2D eigenvalue weighted by Gasteiger charge is -2.31. The largest absolute Gasteiger partial charge is 0.329 e. The molecule has 106 valence electrons. The third-order valence-electron chi connectivity index (χ3n) is 3.69. The molecular weight excluding hydrogens is 307 g/mol. The molecule has 1 aromatic rings. The van der Waals surface area contributed by atoms with Gasteiger partial charge in [-0.15, -0.1) is 0 Å². The fourth-order valence-electron chi connectivity index (χ4n) is 2.54. The van der Waals surface area contributed by atoms with Crippen molar-refractivity contribution in [1.29, 1.82) is 0 Å². The Hall–Kier alpha value is -0.450. The summed E-state index contributed by atoms with van der Waals surface area (Å²) >= 11 is 3.30. The van der Waals surface area contributed by atoms with Gasteiger partial charge in [-0.2, -0.15) is 0 Å². The van der Waals surface area contributed by atoms with Crippen LogP contribution in [-0.4, -0.2) is 24.5 Å². The minimum Gasteiger partial charge on any atom is -0.329 e. The van der Waals surface area contributed by atoms with Crippen LogP contribution in [0.4, 0.5) is 4.39 Å². The molecule has 4 heteroatoms. The van der Waals surface area contributed by atoms with E-state index in [-0.39, 0.29) is 11.9 Å². The van der Waals surface area contributed by atoms with Gasteiger partial charge in [0.05, 0.1) is 0 Å². The van der Waals surface area contributed by atoms with Crippen molar-refractivity contribution in [3.05, 3.63) is 34.1 Å². The molecule has 0 heterocycles. The zero-order valence-corrected chi connectivity index (χ0v) is 13.0. The predicted octanol–water partition coefficient (Wildman–Crippen LogP) is 3.71. The Bertz CT molecular complexity index is 421. The normalized spacial score (nSPS) is 16.9. The topological polar surface area (TPSA) is 29.3 Å². The molecule has 1 aromatic carbocycles. The van der Waals surface area contributed by atoms with Crippen molar-refractivity contribution in [1.82, 2.24) is 4.90 Å². The second kappa shape index (κ2) is 6.82. The summed E-state index contributed by atoms with van der Waals surface area (Å²) in [6.07, 6.45) is 3.68. The van der Waals surface area contributed by atoms with E-state index in [0.717, 1.165) is 35.5 Å². The fourth-order valence-corrected chi connectivity index (χ4v) is 2.87. The van der Waals surface area contributed by atoms with Crippen molar-refractivity contribution < 1.29 is 4.39 Å². The summed E-state index contributed by atoms with van der Waals surface area (Å²) in [5.41, 5.74) is 6.64. The number of benzene rings is 1. The molecule has 0 spiro atoms. The maximum atomic E-state index is 14.1. The number of hydrogen-bond acceptors (Lipinski definition) is 2. The van der Waals surface area contributed by atoms with Gasteiger partial charge in [-0.3, -0.25) is 4.90 Å². The zero-order valence-electron chi connectivity index (χ0n) is 11.4. The van der Waals surface area contributed by atoms with Gasteiger partial charge in [-0.1, -0.05) is 28.9 Å². The monoisotopic (exact) mass is 328 g/mol. The minimum absolute atomic E-state index is 0.00588. The van der Waals surface area contributed by atoms with Gasteiger partial charge in [-0.25, -0.2) is 4.39 Å². The third-order valence-corrected chi connectivity index (χ3v) is 4.18. The first-order valence-electron chi connectivity index (χ1n) is 7.04. The van der Waals surface area contributed by atoms with Crippen LogP contribution in [0.2, 0.25) is 0 Å². The van der Waals surface area contributed by atoms with Crippen LogP contribution in [0.25, 0.3) is 0 Å². The number of nitrogens with zero attached hydrogens (tertiary/aromatic N) is 1. The van der Waals surface area contributed by atoms with Crippen LogP contribution in [0.3, 0.4) is 0 Å².